The zero-order valence-corrected chi connectivity index (χ0v) is 25.1. The van der Waals surface area contributed by atoms with Crippen molar-refractivity contribution in [3.63, 3.8) is 0 Å². The third-order valence-corrected chi connectivity index (χ3v) is 9.14. The molecule has 4 aromatic rings. The van der Waals surface area contributed by atoms with E-state index in [1.54, 1.807) is 9.13 Å². The molecule has 0 radical (unpaired) electrons. The molecule has 236 valence electrons. The summed E-state index contributed by atoms with van der Waals surface area (Å²) in [5.74, 6) is -2.21. The summed E-state index contributed by atoms with van der Waals surface area (Å²) in [5, 5.41) is 0.164. The summed E-state index contributed by atoms with van der Waals surface area (Å²) in [5.41, 5.74) is 12.0. The van der Waals surface area contributed by atoms with Gasteiger partial charge in [-0.25, -0.2) is 9.97 Å². The maximum atomic E-state index is 11.6. The predicted molar refractivity (Wildman–Crippen MR) is 151 cm³/mol. The van der Waals surface area contributed by atoms with Gasteiger partial charge in [0, 0.05) is 0 Å². The van der Waals surface area contributed by atoms with Crippen molar-refractivity contribution in [1.82, 2.24) is 45.2 Å². The number of aromatic nitrogens is 8. The van der Waals surface area contributed by atoms with Crippen LogP contribution in [0.4, 0.5) is 11.9 Å². The molecule has 4 aromatic heterocycles. The second-order valence-corrected chi connectivity index (χ2v) is 13.5. The average Bonchev–Trinajstić information content (AvgIpc) is 3.67. The van der Waals surface area contributed by atoms with Crippen LogP contribution in [-0.2, 0) is 31.7 Å². The van der Waals surface area contributed by atoms with Gasteiger partial charge < -0.3 is 60.4 Å². The number of anilines is 2. The van der Waals surface area contributed by atoms with E-state index in [1.807, 2.05) is 0 Å². The molecule has 0 amide bonds. The van der Waals surface area contributed by atoms with Crippen molar-refractivity contribution in [1.29, 1.82) is 0 Å². The average molecular weight is 666 g/mol. The molecule has 2 aliphatic rings. The number of hydrogen-bond donors (Lipinski definition) is 7. The van der Waals surface area contributed by atoms with Gasteiger partial charge in [-0.1, -0.05) is 11.6 Å². The van der Waals surface area contributed by atoms with Crippen molar-refractivity contribution in [3.8, 4) is 0 Å². The lowest BCUT2D eigenvalue weighted by Gasteiger charge is -2.23. The summed E-state index contributed by atoms with van der Waals surface area (Å²) < 4.78 is 36.2. The van der Waals surface area contributed by atoms with E-state index in [4.69, 9.17) is 47.2 Å². The quantitative estimate of drug-likeness (QED) is 0.104. The Kier molecular flexibility index (Phi) is 9.58. The zero-order valence-electron chi connectivity index (χ0n) is 22.6. The minimum absolute atomic E-state index is 0. The lowest BCUT2D eigenvalue weighted by Crippen LogP contribution is -2.21. The highest BCUT2D eigenvalue weighted by Crippen LogP contribution is 2.48. The van der Waals surface area contributed by atoms with Gasteiger partial charge in [-0.05, 0) is 25.7 Å². The van der Waals surface area contributed by atoms with Gasteiger partial charge in [-0.15, -0.1) is 0 Å². The highest BCUT2D eigenvalue weighted by atomic mass is 35.5. The van der Waals surface area contributed by atoms with Crippen LogP contribution in [0.3, 0.4) is 0 Å². The smallest absolute Gasteiger partial charge is 0.354 e. The first-order valence-corrected chi connectivity index (χ1v) is 16.1. The van der Waals surface area contributed by atoms with E-state index < -0.39 is 38.5 Å². The van der Waals surface area contributed by atoms with Crippen LogP contribution < -0.4 is 28.1 Å². The Hall–Kier alpha value is -3.03. The Morgan fingerprint density at radius 1 is 0.930 bits per heavy atom. The topological polar surface area (TPSA) is 332 Å². The largest absolute Gasteiger partial charge is 0.777 e. The lowest BCUT2D eigenvalue weighted by molar-refractivity contribution is -0.204. The number of halogens is 1. The second kappa shape index (κ2) is 12.5. The monoisotopic (exact) mass is 665 g/mol. The van der Waals surface area contributed by atoms with Gasteiger partial charge in [-0.3, -0.25) is 14.3 Å². The minimum atomic E-state index is -4.49. The number of rotatable bonds is 6. The van der Waals surface area contributed by atoms with Crippen molar-refractivity contribution in [2.45, 2.75) is 62.7 Å². The summed E-state index contributed by atoms with van der Waals surface area (Å²) >= 11 is 5.93. The van der Waals surface area contributed by atoms with E-state index in [1.165, 1.54) is 12.7 Å². The standard InChI is InChI=1S/C10H13ClN5O4P.C10H14N5O5P.H3N/c11-8-7-9(15-10(12)14-8)16(4-13-7)3-5-1-2-6(20-5)21(17,18)19;11-10-13-8-7(9(16)14-10)12-4-15(8)3-5-1-2-6(20-5)21(17,18)19;/h4-6H,1-3H2,(H2,12,14,15)(H2,17,18,19);4-6H,1-3H2,(H2,17,18,19)(H3,11,13,14,16);1H3. The molecule has 43 heavy (non-hydrogen) atoms. The van der Waals surface area contributed by atoms with E-state index in [-0.39, 0.29) is 47.8 Å². The number of imidazole rings is 2. The molecule has 0 aromatic carbocycles. The summed E-state index contributed by atoms with van der Waals surface area (Å²) in [4.78, 5) is 72.2. The van der Waals surface area contributed by atoms with Crippen LogP contribution in [-0.4, -0.2) is 77.6 Å². The van der Waals surface area contributed by atoms with Gasteiger partial charge >= 0.3 is 7.60 Å². The predicted octanol–water partition coefficient (Wildman–Crippen LogP) is -0.126. The Morgan fingerprint density at radius 2 is 1.47 bits per heavy atom. The van der Waals surface area contributed by atoms with Crippen LogP contribution in [0.5, 0.6) is 0 Å². The zero-order chi connectivity index (χ0) is 30.4. The van der Waals surface area contributed by atoms with Crippen LogP contribution in [0.25, 0.3) is 22.3 Å². The number of hydrogen-bond acceptors (Lipinski definition) is 13. The number of aromatic amines is 1. The number of quaternary nitrogens is 1. The number of fused-ring (bicyclic) bond motifs is 2. The summed E-state index contributed by atoms with van der Waals surface area (Å²) in [6.07, 6.45) is 3.76. The fraction of sp³-hybridized carbons (Fsp3) is 0.500. The molecule has 2 saturated heterocycles. The highest BCUT2D eigenvalue weighted by Gasteiger charge is 2.38. The van der Waals surface area contributed by atoms with Crippen LogP contribution in [0.15, 0.2) is 17.4 Å². The third-order valence-electron chi connectivity index (χ3n) is 6.64. The highest BCUT2D eigenvalue weighted by molar-refractivity contribution is 7.52. The summed E-state index contributed by atoms with van der Waals surface area (Å²) in [7, 11) is -8.71. The molecular weight excluding hydrogens is 636 g/mol. The molecule has 12 N–H and O–H groups in total. The molecule has 5 unspecified atom stereocenters. The molecule has 0 aliphatic carbocycles. The van der Waals surface area contributed by atoms with Gasteiger partial charge in [0.25, 0.3) is 5.56 Å². The minimum Gasteiger partial charge on any atom is -0.777 e. The molecule has 0 bridgehead atoms. The van der Waals surface area contributed by atoms with Crippen molar-refractivity contribution in [2.75, 3.05) is 11.5 Å². The van der Waals surface area contributed by atoms with Gasteiger partial charge in [-0.2, -0.15) is 15.0 Å². The Morgan fingerprint density at radius 3 is 2.00 bits per heavy atom. The number of nitrogens with zero attached hydrogens (tertiary/aromatic N) is 7. The molecule has 6 heterocycles. The molecule has 2 aliphatic heterocycles. The summed E-state index contributed by atoms with van der Waals surface area (Å²) in [6.45, 7) is 0.628. The number of ether oxygens (including phenoxy) is 2. The van der Waals surface area contributed by atoms with E-state index >= 15 is 0 Å². The molecular formula is C20H30ClN11O9P2. The number of H-pyrrole nitrogens is 1. The Balaban J connectivity index is 0.000000192. The lowest BCUT2D eigenvalue weighted by atomic mass is 10.2. The number of nitrogens with two attached hydrogens (primary N) is 2. The van der Waals surface area contributed by atoms with E-state index in [0.717, 1.165) is 0 Å². The molecule has 2 fully saturated rings. The van der Waals surface area contributed by atoms with Gasteiger partial charge in [0.05, 0.1) is 38.0 Å². The maximum Gasteiger partial charge on any atom is 0.354 e. The molecule has 0 saturated carbocycles. The normalized spacial score (nSPS) is 23.6. The number of nitrogen functional groups attached to an aromatic ring is 2. The summed E-state index contributed by atoms with van der Waals surface area (Å²) in [6, 6.07) is 0. The van der Waals surface area contributed by atoms with E-state index in [2.05, 4.69) is 29.9 Å². The fourth-order valence-corrected chi connectivity index (χ4v) is 6.57. The van der Waals surface area contributed by atoms with Crippen molar-refractivity contribution >= 4 is 61.0 Å². The molecule has 0 spiro atoms. The van der Waals surface area contributed by atoms with Crippen LogP contribution >= 0.6 is 26.8 Å². The maximum absolute atomic E-state index is 11.6. The van der Waals surface area contributed by atoms with Gasteiger partial charge in [0.15, 0.2) is 35.4 Å². The van der Waals surface area contributed by atoms with E-state index in [0.29, 0.717) is 42.6 Å². The molecule has 6 rings (SSSR count). The first-order valence-electron chi connectivity index (χ1n) is 12.4. The third kappa shape index (κ3) is 7.38. The number of nitrogens with one attached hydrogen (secondary N) is 1. The van der Waals surface area contributed by atoms with Crippen LogP contribution in [0.2, 0.25) is 5.15 Å². The van der Waals surface area contributed by atoms with Crippen molar-refractivity contribution < 1.29 is 38.2 Å². The van der Waals surface area contributed by atoms with Crippen LogP contribution in [0.1, 0.15) is 25.7 Å². The SMILES string of the molecule is Nc1nc(Cl)c2ncn(CC3CCC(P(=O)(O)O)O3)c2n1.Nc1nc2c(ncn2CC2CCC(P(=O)([O-])O)O2)c(=O)[nH]1.[NH4+]. The first-order chi connectivity index (χ1) is 19.7. The Labute approximate surface area is 246 Å². The van der Waals surface area contributed by atoms with Crippen LogP contribution in [0, 0.1) is 0 Å². The first kappa shape index (κ1) is 32.9. The van der Waals surface area contributed by atoms with Gasteiger partial charge in [0.1, 0.15) is 11.4 Å². The van der Waals surface area contributed by atoms with E-state index in [9.17, 15) is 18.8 Å². The van der Waals surface area contributed by atoms with Crippen molar-refractivity contribution in [3.05, 3.63) is 28.2 Å². The molecule has 23 heteroatoms. The fourth-order valence-electron chi connectivity index (χ4n) is 4.73. The second-order valence-electron chi connectivity index (χ2n) is 9.70. The van der Waals surface area contributed by atoms with Gasteiger partial charge in [0.2, 0.25) is 11.9 Å². The van der Waals surface area contributed by atoms with Crippen molar-refractivity contribution in [2.24, 2.45) is 0 Å². The Bertz CT molecular complexity index is 1770. The molecule has 5 atom stereocenters. The molecule has 20 nitrogen and oxygen atoms in total.